The number of carbonyl (C=O) groups is 1. The number of fused-ring (bicyclic) bond motifs is 1. The van der Waals surface area contributed by atoms with Crippen LogP contribution in [0.25, 0.3) is 10.2 Å². The van der Waals surface area contributed by atoms with E-state index in [-0.39, 0.29) is 11.9 Å². The number of rotatable bonds is 7. The van der Waals surface area contributed by atoms with Crippen LogP contribution in [0.5, 0.6) is 5.75 Å². The Morgan fingerprint density at radius 1 is 1.25 bits per heavy atom. The Labute approximate surface area is 173 Å². The summed E-state index contributed by atoms with van der Waals surface area (Å²) in [5.74, 6) is 0.766. The number of aromatic nitrogens is 1. The predicted octanol–water partition coefficient (Wildman–Crippen LogP) is 4.28. The van der Waals surface area contributed by atoms with Crippen LogP contribution in [0, 0.1) is 0 Å². The maximum atomic E-state index is 12.4. The van der Waals surface area contributed by atoms with E-state index in [9.17, 15) is 4.79 Å². The van der Waals surface area contributed by atoms with Crippen LogP contribution in [-0.4, -0.2) is 42.0 Å². The number of ether oxygens (including phenoxy) is 1. The highest BCUT2D eigenvalue weighted by atomic mass is 35.5. The van der Waals surface area contributed by atoms with Crippen molar-refractivity contribution in [3.63, 3.8) is 0 Å². The van der Waals surface area contributed by atoms with Gasteiger partial charge in [0.1, 0.15) is 17.4 Å². The van der Waals surface area contributed by atoms with Crippen LogP contribution in [0.4, 0.5) is 0 Å². The van der Waals surface area contributed by atoms with Gasteiger partial charge in [0.05, 0.1) is 29.3 Å². The van der Waals surface area contributed by atoms with Crippen LogP contribution in [0.1, 0.15) is 23.9 Å². The maximum Gasteiger partial charge on any atom is 0.234 e. The quantitative estimate of drug-likeness (QED) is 0.585. The van der Waals surface area contributed by atoms with Crippen molar-refractivity contribution >= 4 is 39.1 Å². The summed E-state index contributed by atoms with van der Waals surface area (Å²) in [4.78, 5) is 19.4. The molecule has 0 unspecified atom stereocenters. The van der Waals surface area contributed by atoms with Crippen LogP contribution >= 0.6 is 22.9 Å². The lowest BCUT2D eigenvalue weighted by molar-refractivity contribution is -0.122. The molecule has 0 bridgehead atoms. The highest BCUT2D eigenvalue weighted by molar-refractivity contribution is 7.18. The molecule has 1 aliphatic rings. The number of likely N-dealkylation sites (tertiary alicyclic amines) is 1. The number of thiazole rings is 1. The second-order valence-electron chi connectivity index (χ2n) is 6.80. The Morgan fingerprint density at radius 2 is 2.07 bits per heavy atom. The molecule has 1 saturated heterocycles. The third-order valence-corrected chi connectivity index (χ3v) is 6.20. The topological polar surface area (TPSA) is 54.5 Å². The Hall–Kier alpha value is -2.15. The number of amides is 1. The molecule has 0 radical (unpaired) electrons. The smallest absolute Gasteiger partial charge is 0.234 e. The summed E-state index contributed by atoms with van der Waals surface area (Å²) in [5, 5.41) is 4.72. The highest BCUT2D eigenvalue weighted by Gasteiger charge is 2.29. The van der Waals surface area contributed by atoms with Gasteiger partial charge in [0, 0.05) is 5.02 Å². The number of carbonyl (C=O) groups excluding carboxylic acids is 1. The monoisotopic (exact) mass is 415 g/mol. The number of nitrogens with one attached hydrogen (secondary N) is 1. The van der Waals surface area contributed by atoms with Gasteiger partial charge in [-0.1, -0.05) is 23.7 Å². The zero-order valence-corrected chi connectivity index (χ0v) is 17.0. The van der Waals surface area contributed by atoms with Crippen molar-refractivity contribution in [1.82, 2.24) is 15.2 Å². The molecule has 1 N–H and O–H groups in total. The number of hydrogen-bond donors (Lipinski definition) is 1. The summed E-state index contributed by atoms with van der Waals surface area (Å²) >= 11 is 7.59. The van der Waals surface area contributed by atoms with E-state index in [0.717, 1.165) is 35.7 Å². The van der Waals surface area contributed by atoms with Crippen molar-refractivity contribution in [2.45, 2.75) is 18.9 Å². The first kappa shape index (κ1) is 19.2. The van der Waals surface area contributed by atoms with Crippen LogP contribution in [0.15, 0.2) is 48.5 Å². The summed E-state index contributed by atoms with van der Waals surface area (Å²) in [6, 6.07) is 15.6. The molecular weight excluding hydrogens is 394 g/mol. The molecule has 0 spiro atoms. The Bertz CT molecular complexity index is 911. The number of halogens is 1. The van der Waals surface area contributed by atoms with Crippen LogP contribution in [-0.2, 0) is 4.79 Å². The van der Waals surface area contributed by atoms with Gasteiger partial charge in [-0.3, -0.25) is 9.69 Å². The zero-order chi connectivity index (χ0) is 19.3. The van der Waals surface area contributed by atoms with E-state index in [2.05, 4.69) is 16.3 Å². The number of benzene rings is 2. The van der Waals surface area contributed by atoms with Gasteiger partial charge in [0.15, 0.2) is 0 Å². The fourth-order valence-corrected chi connectivity index (χ4v) is 4.72. The van der Waals surface area contributed by atoms with Gasteiger partial charge in [0.25, 0.3) is 0 Å². The molecule has 28 heavy (non-hydrogen) atoms. The number of para-hydroxylation sites is 1. The molecule has 3 aromatic rings. The van der Waals surface area contributed by atoms with E-state index >= 15 is 0 Å². The third kappa shape index (κ3) is 4.63. The minimum absolute atomic E-state index is 0.0210. The van der Waals surface area contributed by atoms with E-state index in [1.165, 1.54) is 4.70 Å². The van der Waals surface area contributed by atoms with E-state index in [1.807, 2.05) is 30.3 Å². The van der Waals surface area contributed by atoms with Gasteiger partial charge in [0.2, 0.25) is 5.91 Å². The molecule has 0 aliphatic carbocycles. The van der Waals surface area contributed by atoms with Crippen molar-refractivity contribution in [2.75, 3.05) is 26.2 Å². The molecule has 4 rings (SSSR count). The van der Waals surface area contributed by atoms with E-state index < -0.39 is 0 Å². The van der Waals surface area contributed by atoms with Gasteiger partial charge < -0.3 is 10.1 Å². The second-order valence-corrected chi connectivity index (χ2v) is 8.30. The minimum Gasteiger partial charge on any atom is -0.492 e. The van der Waals surface area contributed by atoms with Crippen molar-refractivity contribution in [3.8, 4) is 5.75 Å². The molecule has 1 aliphatic heterocycles. The molecule has 7 heteroatoms. The molecule has 146 valence electrons. The molecule has 1 aromatic heterocycles. The molecule has 2 aromatic carbocycles. The van der Waals surface area contributed by atoms with Crippen LogP contribution in [0.3, 0.4) is 0 Å². The number of hydrogen-bond acceptors (Lipinski definition) is 5. The molecular formula is C21H22ClN3O2S. The first-order valence-electron chi connectivity index (χ1n) is 9.43. The number of nitrogens with zero attached hydrogens (tertiary/aromatic N) is 2. The van der Waals surface area contributed by atoms with E-state index in [1.54, 1.807) is 23.5 Å². The standard InChI is InChI=1S/C21H22ClN3O2S/c22-15-7-9-16(10-8-15)27-13-11-23-20(26)14-25-12-3-5-18(25)21-24-17-4-1-2-6-19(17)28-21/h1-2,4,6-10,18H,3,5,11-14H2,(H,23,26)/t18-/m1/s1. The second kappa shape index (κ2) is 8.90. The fourth-order valence-electron chi connectivity index (χ4n) is 3.46. The van der Waals surface area contributed by atoms with Gasteiger partial charge in [-0.15, -0.1) is 11.3 Å². The van der Waals surface area contributed by atoms with Gasteiger partial charge in [-0.05, 0) is 55.8 Å². The lowest BCUT2D eigenvalue weighted by Gasteiger charge is -2.22. The lowest BCUT2D eigenvalue weighted by atomic mass is 10.2. The molecule has 1 fully saturated rings. The summed E-state index contributed by atoms with van der Waals surface area (Å²) in [7, 11) is 0. The minimum atomic E-state index is 0.0210. The SMILES string of the molecule is O=C(CN1CCC[C@@H]1c1nc2ccccc2s1)NCCOc1ccc(Cl)cc1. The predicted molar refractivity (Wildman–Crippen MR) is 113 cm³/mol. The largest absolute Gasteiger partial charge is 0.492 e. The normalized spacial score (nSPS) is 17.1. The molecule has 1 atom stereocenters. The fraction of sp³-hybridized carbons (Fsp3) is 0.333. The van der Waals surface area contributed by atoms with Gasteiger partial charge in [-0.25, -0.2) is 4.98 Å². The van der Waals surface area contributed by atoms with Crippen molar-refractivity contribution < 1.29 is 9.53 Å². The zero-order valence-electron chi connectivity index (χ0n) is 15.4. The highest BCUT2D eigenvalue weighted by Crippen LogP contribution is 2.36. The summed E-state index contributed by atoms with van der Waals surface area (Å²) in [5.41, 5.74) is 1.04. The van der Waals surface area contributed by atoms with Crippen molar-refractivity contribution in [1.29, 1.82) is 0 Å². The molecule has 1 amide bonds. The average molecular weight is 416 g/mol. The van der Waals surface area contributed by atoms with Crippen LogP contribution < -0.4 is 10.1 Å². The Kier molecular flexibility index (Phi) is 6.10. The molecule has 5 nitrogen and oxygen atoms in total. The first-order valence-corrected chi connectivity index (χ1v) is 10.6. The average Bonchev–Trinajstić information content (AvgIpc) is 3.33. The summed E-state index contributed by atoms with van der Waals surface area (Å²) in [6.07, 6.45) is 2.14. The van der Waals surface area contributed by atoms with E-state index in [0.29, 0.717) is 24.7 Å². The summed E-state index contributed by atoms with van der Waals surface area (Å²) < 4.78 is 6.81. The third-order valence-electron chi connectivity index (χ3n) is 4.81. The van der Waals surface area contributed by atoms with E-state index in [4.69, 9.17) is 21.3 Å². The van der Waals surface area contributed by atoms with Crippen molar-refractivity contribution in [3.05, 3.63) is 58.6 Å². The molecule has 2 heterocycles. The summed E-state index contributed by atoms with van der Waals surface area (Å²) in [6.45, 7) is 2.21. The Morgan fingerprint density at radius 3 is 2.89 bits per heavy atom. The van der Waals surface area contributed by atoms with Gasteiger partial charge in [-0.2, -0.15) is 0 Å². The maximum absolute atomic E-state index is 12.4. The lowest BCUT2D eigenvalue weighted by Crippen LogP contribution is -2.38. The Balaban J connectivity index is 1.26. The molecule has 0 saturated carbocycles. The van der Waals surface area contributed by atoms with Crippen LogP contribution in [0.2, 0.25) is 5.02 Å². The first-order chi connectivity index (χ1) is 13.7. The van der Waals surface area contributed by atoms with Crippen molar-refractivity contribution in [2.24, 2.45) is 0 Å². The van der Waals surface area contributed by atoms with Gasteiger partial charge >= 0.3 is 0 Å².